The molecule has 0 aromatic heterocycles. The first kappa shape index (κ1) is 4.97. The SMILES string of the molecule is O=CNC1CSC1. The van der Waals surface area contributed by atoms with Gasteiger partial charge in [0.25, 0.3) is 0 Å². The lowest BCUT2D eigenvalue weighted by Gasteiger charge is -2.23. The molecule has 1 rings (SSSR count). The zero-order chi connectivity index (χ0) is 5.11. The molecule has 1 aliphatic heterocycles. The van der Waals surface area contributed by atoms with Crippen LogP contribution in [0.15, 0.2) is 0 Å². The van der Waals surface area contributed by atoms with Gasteiger partial charge in [0.2, 0.25) is 6.41 Å². The summed E-state index contributed by atoms with van der Waals surface area (Å²) < 4.78 is 0. The van der Waals surface area contributed by atoms with Gasteiger partial charge in [-0.15, -0.1) is 0 Å². The lowest BCUT2D eigenvalue weighted by atomic mass is 10.4. The number of rotatable bonds is 2. The van der Waals surface area contributed by atoms with Crippen LogP contribution in [0.5, 0.6) is 0 Å². The maximum Gasteiger partial charge on any atom is 0.207 e. The van der Waals surface area contributed by atoms with Gasteiger partial charge in [0, 0.05) is 17.5 Å². The van der Waals surface area contributed by atoms with Gasteiger partial charge in [0.05, 0.1) is 0 Å². The molecule has 2 nitrogen and oxygen atoms in total. The van der Waals surface area contributed by atoms with Crippen molar-refractivity contribution in [3.8, 4) is 0 Å². The Morgan fingerprint density at radius 2 is 2.43 bits per heavy atom. The number of hydrogen-bond donors (Lipinski definition) is 1. The molecule has 1 aliphatic rings. The van der Waals surface area contributed by atoms with Crippen LogP contribution in [0.3, 0.4) is 0 Å². The van der Waals surface area contributed by atoms with Gasteiger partial charge in [-0.05, 0) is 0 Å². The fraction of sp³-hybridized carbons (Fsp3) is 0.750. The van der Waals surface area contributed by atoms with Gasteiger partial charge in [-0.25, -0.2) is 0 Å². The van der Waals surface area contributed by atoms with Crippen molar-refractivity contribution in [2.24, 2.45) is 0 Å². The van der Waals surface area contributed by atoms with E-state index in [1.165, 1.54) is 0 Å². The van der Waals surface area contributed by atoms with Gasteiger partial charge in [0.15, 0.2) is 0 Å². The number of nitrogens with one attached hydrogen (secondary N) is 1. The van der Waals surface area contributed by atoms with Crippen LogP contribution in [0.1, 0.15) is 0 Å². The number of carbonyl (C=O) groups excluding carboxylic acids is 1. The standard InChI is InChI=1S/C4H7NOS/c6-3-5-4-1-7-2-4/h3-4H,1-2H2,(H,5,6). The summed E-state index contributed by atoms with van der Waals surface area (Å²) in [4.78, 5) is 9.69. The van der Waals surface area contributed by atoms with Gasteiger partial charge >= 0.3 is 0 Å². The molecule has 1 saturated heterocycles. The summed E-state index contributed by atoms with van der Waals surface area (Å²) in [5.41, 5.74) is 0. The molecule has 1 fully saturated rings. The minimum Gasteiger partial charge on any atom is -0.354 e. The predicted octanol–water partition coefficient (Wildman–Crippen LogP) is -0.152. The third-order valence-corrected chi connectivity index (χ3v) is 2.22. The molecular formula is C4H7NOS. The lowest BCUT2D eigenvalue weighted by Crippen LogP contribution is -2.39. The van der Waals surface area contributed by atoms with E-state index in [1.54, 1.807) is 0 Å². The van der Waals surface area contributed by atoms with Crippen LogP contribution in [0, 0.1) is 0 Å². The van der Waals surface area contributed by atoms with Crippen molar-refractivity contribution >= 4 is 18.2 Å². The highest BCUT2D eigenvalue weighted by Gasteiger charge is 2.15. The first-order valence-electron chi connectivity index (χ1n) is 2.21. The van der Waals surface area contributed by atoms with Crippen molar-refractivity contribution in [3.05, 3.63) is 0 Å². The summed E-state index contributed by atoms with van der Waals surface area (Å²) in [6.07, 6.45) is 0.768. The van der Waals surface area contributed by atoms with E-state index in [2.05, 4.69) is 5.32 Å². The van der Waals surface area contributed by atoms with E-state index >= 15 is 0 Å². The Labute approximate surface area is 46.7 Å². The average Bonchev–Trinajstić information content (AvgIpc) is 1.55. The molecule has 7 heavy (non-hydrogen) atoms. The number of amides is 1. The van der Waals surface area contributed by atoms with Crippen LogP contribution in [0.4, 0.5) is 0 Å². The van der Waals surface area contributed by atoms with E-state index in [0.717, 1.165) is 17.9 Å². The van der Waals surface area contributed by atoms with Gasteiger partial charge in [-0.3, -0.25) is 4.79 Å². The summed E-state index contributed by atoms with van der Waals surface area (Å²) in [5, 5.41) is 2.68. The minimum atomic E-state index is 0.475. The zero-order valence-corrected chi connectivity index (χ0v) is 4.70. The van der Waals surface area contributed by atoms with Crippen molar-refractivity contribution in [2.45, 2.75) is 6.04 Å². The van der Waals surface area contributed by atoms with Crippen LogP contribution in [-0.2, 0) is 4.79 Å². The Balaban J connectivity index is 2.03. The quantitative estimate of drug-likeness (QED) is 0.509. The smallest absolute Gasteiger partial charge is 0.207 e. The van der Waals surface area contributed by atoms with Crippen LogP contribution in [0.2, 0.25) is 0 Å². The second kappa shape index (κ2) is 2.21. The van der Waals surface area contributed by atoms with Crippen LogP contribution < -0.4 is 5.32 Å². The Bertz CT molecular complexity index is 72.1. The Hall–Kier alpha value is -0.180. The molecule has 1 heterocycles. The molecule has 0 spiro atoms. The Morgan fingerprint density at radius 1 is 1.71 bits per heavy atom. The summed E-state index contributed by atoms with van der Waals surface area (Å²) in [6.45, 7) is 0. The van der Waals surface area contributed by atoms with E-state index in [4.69, 9.17) is 0 Å². The first-order chi connectivity index (χ1) is 3.43. The molecule has 1 N–H and O–H groups in total. The second-order valence-electron chi connectivity index (χ2n) is 1.52. The summed E-state index contributed by atoms with van der Waals surface area (Å²) in [7, 11) is 0. The monoisotopic (exact) mass is 117 g/mol. The molecule has 1 amide bonds. The van der Waals surface area contributed by atoms with E-state index < -0.39 is 0 Å². The van der Waals surface area contributed by atoms with Crippen molar-refractivity contribution in [1.82, 2.24) is 5.32 Å². The zero-order valence-electron chi connectivity index (χ0n) is 3.89. The third kappa shape index (κ3) is 1.09. The van der Waals surface area contributed by atoms with Crippen molar-refractivity contribution in [3.63, 3.8) is 0 Å². The second-order valence-corrected chi connectivity index (χ2v) is 2.59. The van der Waals surface area contributed by atoms with Crippen LogP contribution in [0.25, 0.3) is 0 Å². The molecule has 0 atom stereocenters. The topological polar surface area (TPSA) is 29.1 Å². The molecule has 40 valence electrons. The van der Waals surface area contributed by atoms with Gasteiger partial charge < -0.3 is 5.32 Å². The van der Waals surface area contributed by atoms with E-state index in [0.29, 0.717) is 6.04 Å². The largest absolute Gasteiger partial charge is 0.354 e. The highest BCUT2D eigenvalue weighted by atomic mass is 32.2. The summed E-state index contributed by atoms with van der Waals surface area (Å²) >= 11 is 1.86. The van der Waals surface area contributed by atoms with Crippen molar-refractivity contribution in [2.75, 3.05) is 11.5 Å². The molecule has 0 radical (unpaired) electrons. The molecule has 0 aromatic rings. The number of hydrogen-bond acceptors (Lipinski definition) is 2. The Morgan fingerprint density at radius 3 is 2.57 bits per heavy atom. The first-order valence-corrected chi connectivity index (χ1v) is 3.36. The third-order valence-electron chi connectivity index (χ3n) is 0.942. The molecule has 3 heteroatoms. The molecule has 0 saturated carbocycles. The van der Waals surface area contributed by atoms with Crippen molar-refractivity contribution < 1.29 is 4.79 Å². The van der Waals surface area contributed by atoms with E-state index in [1.807, 2.05) is 11.8 Å². The number of thioether (sulfide) groups is 1. The maximum absolute atomic E-state index is 9.69. The van der Waals surface area contributed by atoms with Gasteiger partial charge in [0.1, 0.15) is 0 Å². The highest BCUT2D eigenvalue weighted by Crippen LogP contribution is 2.16. The fourth-order valence-electron chi connectivity index (χ4n) is 0.428. The van der Waals surface area contributed by atoms with E-state index in [9.17, 15) is 4.79 Å². The molecular weight excluding hydrogens is 110 g/mol. The Kier molecular flexibility index (Phi) is 1.57. The molecule has 0 bridgehead atoms. The molecule has 0 aromatic carbocycles. The minimum absolute atomic E-state index is 0.475. The lowest BCUT2D eigenvalue weighted by molar-refractivity contribution is -0.109. The molecule has 0 aliphatic carbocycles. The van der Waals surface area contributed by atoms with E-state index in [-0.39, 0.29) is 0 Å². The van der Waals surface area contributed by atoms with Crippen LogP contribution >= 0.6 is 11.8 Å². The highest BCUT2D eigenvalue weighted by molar-refractivity contribution is 8.00. The summed E-state index contributed by atoms with van der Waals surface area (Å²) in [5.74, 6) is 2.19. The number of carbonyl (C=O) groups is 1. The van der Waals surface area contributed by atoms with Crippen LogP contribution in [-0.4, -0.2) is 24.0 Å². The van der Waals surface area contributed by atoms with Gasteiger partial charge in [-0.2, -0.15) is 11.8 Å². The summed E-state index contributed by atoms with van der Waals surface area (Å²) in [6, 6.07) is 0.475. The average molecular weight is 117 g/mol. The fourth-order valence-corrected chi connectivity index (χ4v) is 1.09. The maximum atomic E-state index is 9.69. The van der Waals surface area contributed by atoms with Gasteiger partial charge in [-0.1, -0.05) is 0 Å². The van der Waals surface area contributed by atoms with Crippen molar-refractivity contribution in [1.29, 1.82) is 0 Å². The molecule has 0 unspecified atom stereocenters. The predicted molar refractivity (Wildman–Crippen MR) is 30.3 cm³/mol. The normalized spacial score (nSPS) is 20.6.